The number of benzene rings is 2. The van der Waals surface area contributed by atoms with E-state index < -0.39 is 0 Å². The zero-order valence-electron chi connectivity index (χ0n) is 16.1. The highest BCUT2D eigenvalue weighted by Gasteiger charge is 2.12. The summed E-state index contributed by atoms with van der Waals surface area (Å²) in [4.78, 5) is 6.58. The fourth-order valence-electron chi connectivity index (χ4n) is 2.98. The van der Waals surface area contributed by atoms with Gasteiger partial charge in [0.1, 0.15) is 0 Å². The molecule has 6 heteroatoms. The first-order valence-electron chi connectivity index (χ1n) is 9.30. The Hall–Kier alpha value is -2.73. The maximum Gasteiger partial charge on any atom is 0.231 e. The van der Waals surface area contributed by atoms with Crippen LogP contribution in [-0.4, -0.2) is 51.4 Å². The van der Waals surface area contributed by atoms with Crippen molar-refractivity contribution in [2.75, 3.05) is 40.5 Å². The third-order valence-corrected chi connectivity index (χ3v) is 4.45. The Bertz CT molecular complexity index is 749. The second kappa shape index (κ2) is 9.83. The fraction of sp³-hybridized carbons (Fsp3) is 0.381. The summed E-state index contributed by atoms with van der Waals surface area (Å²) in [5.41, 5.74) is 2.54. The molecule has 2 aromatic rings. The number of rotatable bonds is 8. The van der Waals surface area contributed by atoms with Crippen molar-refractivity contribution in [2.24, 2.45) is 4.99 Å². The molecule has 0 saturated heterocycles. The van der Waals surface area contributed by atoms with E-state index in [0.717, 1.165) is 50.1 Å². The number of nitrogens with zero attached hydrogens (tertiary/aromatic N) is 2. The van der Waals surface area contributed by atoms with Gasteiger partial charge >= 0.3 is 0 Å². The van der Waals surface area contributed by atoms with Crippen LogP contribution in [0.2, 0.25) is 0 Å². The van der Waals surface area contributed by atoms with Gasteiger partial charge < -0.3 is 25.0 Å². The SMILES string of the molecule is CN=C(NCCc1ccc2c(c1)OCO2)NCCN(C)Cc1ccccc1. The van der Waals surface area contributed by atoms with Gasteiger partial charge in [-0.1, -0.05) is 36.4 Å². The zero-order chi connectivity index (χ0) is 18.9. The van der Waals surface area contributed by atoms with Gasteiger partial charge in [0.2, 0.25) is 6.79 Å². The van der Waals surface area contributed by atoms with Crippen molar-refractivity contribution < 1.29 is 9.47 Å². The quantitative estimate of drug-likeness (QED) is 0.553. The Morgan fingerprint density at radius 2 is 1.78 bits per heavy atom. The lowest BCUT2D eigenvalue weighted by Crippen LogP contribution is -2.41. The number of nitrogens with one attached hydrogen (secondary N) is 2. The van der Waals surface area contributed by atoms with Crippen molar-refractivity contribution in [2.45, 2.75) is 13.0 Å². The molecule has 0 amide bonds. The standard InChI is InChI=1S/C21H28N4O2/c1-22-21(24-12-13-25(2)15-18-6-4-3-5-7-18)23-11-10-17-8-9-19-20(14-17)27-16-26-19/h3-9,14H,10-13,15-16H2,1-2H3,(H2,22,23,24). The lowest BCUT2D eigenvalue weighted by atomic mass is 10.1. The van der Waals surface area contributed by atoms with Crippen LogP contribution in [0.3, 0.4) is 0 Å². The van der Waals surface area contributed by atoms with E-state index in [1.165, 1.54) is 11.1 Å². The molecule has 0 atom stereocenters. The van der Waals surface area contributed by atoms with Crippen LogP contribution in [-0.2, 0) is 13.0 Å². The Kier molecular flexibility index (Phi) is 6.93. The van der Waals surface area contributed by atoms with Gasteiger partial charge in [-0.3, -0.25) is 4.99 Å². The smallest absolute Gasteiger partial charge is 0.231 e. The second-order valence-electron chi connectivity index (χ2n) is 6.59. The van der Waals surface area contributed by atoms with Gasteiger partial charge in [0, 0.05) is 33.2 Å². The molecule has 0 spiro atoms. The Balaban J connectivity index is 1.34. The van der Waals surface area contributed by atoms with Crippen LogP contribution >= 0.6 is 0 Å². The van der Waals surface area contributed by atoms with Gasteiger partial charge in [-0.05, 0) is 36.7 Å². The topological polar surface area (TPSA) is 58.1 Å². The molecule has 3 rings (SSSR count). The number of ether oxygens (including phenoxy) is 2. The lowest BCUT2D eigenvalue weighted by molar-refractivity contribution is 0.174. The van der Waals surface area contributed by atoms with Gasteiger partial charge in [0.05, 0.1) is 0 Å². The highest BCUT2D eigenvalue weighted by Crippen LogP contribution is 2.32. The maximum absolute atomic E-state index is 5.42. The van der Waals surface area contributed by atoms with Crippen LogP contribution in [0.4, 0.5) is 0 Å². The Morgan fingerprint density at radius 3 is 2.59 bits per heavy atom. The molecule has 0 saturated carbocycles. The van der Waals surface area contributed by atoms with Crippen LogP contribution in [0.5, 0.6) is 11.5 Å². The summed E-state index contributed by atoms with van der Waals surface area (Å²) in [6.07, 6.45) is 0.894. The first kappa shape index (κ1) is 19.0. The molecule has 0 radical (unpaired) electrons. The highest BCUT2D eigenvalue weighted by molar-refractivity contribution is 5.79. The van der Waals surface area contributed by atoms with Crippen molar-refractivity contribution in [3.8, 4) is 11.5 Å². The van der Waals surface area contributed by atoms with E-state index >= 15 is 0 Å². The highest BCUT2D eigenvalue weighted by atomic mass is 16.7. The third-order valence-electron chi connectivity index (χ3n) is 4.45. The summed E-state index contributed by atoms with van der Waals surface area (Å²) in [6.45, 7) is 3.84. The number of hydrogen-bond donors (Lipinski definition) is 2. The monoisotopic (exact) mass is 368 g/mol. The number of aliphatic imine (C=N–C) groups is 1. The number of hydrogen-bond acceptors (Lipinski definition) is 4. The summed E-state index contributed by atoms with van der Waals surface area (Å²) in [6, 6.07) is 16.6. The van der Waals surface area contributed by atoms with E-state index in [9.17, 15) is 0 Å². The molecule has 0 unspecified atom stereocenters. The van der Waals surface area contributed by atoms with Gasteiger partial charge in [-0.25, -0.2) is 0 Å². The van der Waals surface area contributed by atoms with Crippen LogP contribution in [0.15, 0.2) is 53.5 Å². The van der Waals surface area contributed by atoms with Crippen LogP contribution in [0, 0.1) is 0 Å². The van der Waals surface area contributed by atoms with Gasteiger partial charge in [-0.2, -0.15) is 0 Å². The Morgan fingerprint density at radius 1 is 1.00 bits per heavy atom. The van der Waals surface area contributed by atoms with Crippen molar-refractivity contribution in [1.29, 1.82) is 0 Å². The molecule has 0 fully saturated rings. The minimum Gasteiger partial charge on any atom is -0.454 e. The molecule has 1 aliphatic rings. The first-order valence-corrected chi connectivity index (χ1v) is 9.30. The molecule has 0 aromatic heterocycles. The van der Waals surface area contributed by atoms with Crippen LogP contribution in [0.1, 0.15) is 11.1 Å². The average Bonchev–Trinajstić information content (AvgIpc) is 3.15. The molecule has 0 bridgehead atoms. The first-order chi connectivity index (χ1) is 13.2. The van der Waals surface area contributed by atoms with Crippen molar-refractivity contribution in [3.63, 3.8) is 0 Å². The van der Waals surface area contributed by atoms with Gasteiger partial charge in [0.25, 0.3) is 0 Å². The van der Waals surface area contributed by atoms with Gasteiger partial charge in [0.15, 0.2) is 17.5 Å². The minimum atomic E-state index is 0.312. The summed E-state index contributed by atoms with van der Waals surface area (Å²) in [5.74, 6) is 2.48. The number of likely N-dealkylation sites (N-methyl/N-ethyl adjacent to an activating group) is 1. The normalized spacial score (nSPS) is 13.1. The van der Waals surface area contributed by atoms with E-state index in [1.54, 1.807) is 7.05 Å². The Labute approximate surface area is 161 Å². The lowest BCUT2D eigenvalue weighted by Gasteiger charge is -2.18. The zero-order valence-corrected chi connectivity index (χ0v) is 16.1. The summed E-state index contributed by atoms with van der Waals surface area (Å²) in [5, 5.41) is 6.72. The molecule has 1 heterocycles. The summed E-state index contributed by atoms with van der Waals surface area (Å²) >= 11 is 0. The van der Waals surface area contributed by atoms with E-state index in [4.69, 9.17) is 9.47 Å². The predicted octanol–water partition coefficient (Wildman–Crippen LogP) is 2.25. The van der Waals surface area contributed by atoms with Crippen molar-refractivity contribution in [1.82, 2.24) is 15.5 Å². The van der Waals surface area contributed by atoms with E-state index in [-0.39, 0.29) is 0 Å². The molecule has 0 aliphatic carbocycles. The molecule has 1 aliphatic heterocycles. The van der Waals surface area contributed by atoms with E-state index in [0.29, 0.717) is 6.79 Å². The van der Waals surface area contributed by atoms with Crippen molar-refractivity contribution in [3.05, 3.63) is 59.7 Å². The molecule has 2 N–H and O–H groups in total. The summed E-state index contributed by atoms with van der Waals surface area (Å²) < 4.78 is 10.8. The molecule has 2 aromatic carbocycles. The van der Waals surface area contributed by atoms with E-state index in [2.05, 4.69) is 57.9 Å². The second-order valence-corrected chi connectivity index (χ2v) is 6.59. The molecular formula is C21H28N4O2. The number of guanidine groups is 1. The molecular weight excluding hydrogens is 340 g/mol. The fourth-order valence-corrected chi connectivity index (χ4v) is 2.98. The maximum atomic E-state index is 5.42. The minimum absolute atomic E-state index is 0.312. The molecule has 144 valence electrons. The van der Waals surface area contributed by atoms with Crippen LogP contribution < -0.4 is 20.1 Å². The van der Waals surface area contributed by atoms with E-state index in [1.807, 2.05) is 18.2 Å². The molecule has 6 nitrogen and oxygen atoms in total. The summed E-state index contributed by atoms with van der Waals surface area (Å²) in [7, 11) is 3.92. The van der Waals surface area contributed by atoms with Gasteiger partial charge in [-0.15, -0.1) is 0 Å². The van der Waals surface area contributed by atoms with Crippen molar-refractivity contribution >= 4 is 5.96 Å². The predicted molar refractivity (Wildman–Crippen MR) is 108 cm³/mol. The molecule has 27 heavy (non-hydrogen) atoms. The van der Waals surface area contributed by atoms with Crippen LogP contribution in [0.25, 0.3) is 0 Å². The largest absolute Gasteiger partial charge is 0.454 e. The average molecular weight is 368 g/mol. The third kappa shape index (κ3) is 5.89. The number of fused-ring (bicyclic) bond motifs is 1.